The Hall–Kier alpha value is -0.120. The van der Waals surface area contributed by atoms with Crippen molar-refractivity contribution in [2.24, 2.45) is 17.3 Å². The van der Waals surface area contributed by atoms with Gasteiger partial charge in [-0.15, -0.1) is 0 Å². The Labute approximate surface area is 137 Å². The molecule has 0 N–H and O–H groups in total. The Bertz CT molecular complexity index is 313. The van der Waals surface area contributed by atoms with Gasteiger partial charge >= 0.3 is 0 Å². The molecule has 2 heterocycles. The Morgan fingerprint density at radius 3 is 2.41 bits per heavy atom. The zero-order chi connectivity index (χ0) is 16.0. The van der Waals surface area contributed by atoms with E-state index in [9.17, 15) is 0 Å². The van der Waals surface area contributed by atoms with Crippen LogP contribution in [0.5, 0.6) is 0 Å². The minimum absolute atomic E-state index is 0.464. The van der Waals surface area contributed by atoms with Crippen molar-refractivity contribution in [3.8, 4) is 0 Å². The van der Waals surface area contributed by atoms with Crippen LogP contribution < -0.4 is 0 Å². The summed E-state index contributed by atoms with van der Waals surface area (Å²) in [5.41, 5.74) is 0.510. The van der Waals surface area contributed by atoms with E-state index in [2.05, 4.69) is 32.6 Å². The van der Waals surface area contributed by atoms with Crippen LogP contribution in [0.4, 0.5) is 0 Å². The molecule has 0 saturated carbocycles. The highest BCUT2D eigenvalue weighted by Crippen LogP contribution is 2.43. The van der Waals surface area contributed by atoms with E-state index in [0.717, 1.165) is 38.8 Å². The molecule has 3 heteroatoms. The number of hydrogen-bond donors (Lipinski definition) is 0. The molecule has 0 radical (unpaired) electrons. The molecule has 2 fully saturated rings. The Morgan fingerprint density at radius 2 is 1.77 bits per heavy atom. The third-order valence-electron chi connectivity index (χ3n) is 5.66. The van der Waals surface area contributed by atoms with Gasteiger partial charge in [-0.25, -0.2) is 0 Å². The normalized spacial score (nSPS) is 31.1. The van der Waals surface area contributed by atoms with Crippen molar-refractivity contribution in [3.05, 3.63) is 0 Å². The molecule has 2 aliphatic heterocycles. The summed E-state index contributed by atoms with van der Waals surface area (Å²) in [5.74, 6) is 1.45. The molecule has 0 aliphatic carbocycles. The summed E-state index contributed by atoms with van der Waals surface area (Å²) in [6.07, 6.45) is 7.06. The van der Waals surface area contributed by atoms with Gasteiger partial charge in [0.25, 0.3) is 0 Å². The third-order valence-corrected chi connectivity index (χ3v) is 5.66. The molecule has 130 valence electrons. The minimum Gasteiger partial charge on any atom is -0.379 e. The van der Waals surface area contributed by atoms with Gasteiger partial charge in [0.1, 0.15) is 0 Å². The van der Waals surface area contributed by atoms with Crippen LogP contribution in [0.15, 0.2) is 0 Å². The lowest BCUT2D eigenvalue weighted by Crippen LogP contribution is -2.42. The molecular weight excluding hydrogens is 274 g/mol. The van der Waals surface area contributed by atoms with E-state index in [1.165, 1.54) is 38.6 Å². The highest BCUT2D eigenvalue weighted by atomic mass is 16.5. The van der Waals surface area contributed by atoms with Gasteiger partial charge in [-0.2, -0.15) is 0 Å². The molecule has 2 aliphatic rings. The second-order valence-electron chi connectivity index (χ2n) is 8.24. The molecule has 2 rings (SSSR count). The largest absolute Gasteiger partial charge is 0.379 e. The maximum absolute atomic E-state index is 6.06. The lowest BCUT2D eigenvalue weighted by atomic mass is 9.69. The third kappa shape index (κ3) is 5.50. The average Bonchev–Trinajstić information content (AvgIpc) is 2.52. The second-order valence-corrected chi connectivity index (χ2v) is 8.24. The van der Waals surface area contributed by atoms with Crippen molar-refractivity contribution < 1.29 is 9.47 Å². The fourth-order valence-corrected chi connectivity index (χ4v) is 3.84. The van der Waals surface area contributed by atoms with E-state index in [-0.39, 0.29) is 0 Å². The highest BCUT2D eigenvalue weighted by molar-refractivity contribution is 4.88. The first-order chi connectivity index (χ1) is 10.5. The van der Waals surface area contributed by atoms with Crippen LogP contribution in [0.2, 0.25) is 0 Å². The van der Waals surface area contributed by atoms with Crippen molar-refractivity contribution >= 4 is 0 Å². The van der Waals surface area contributed by atoms with E-state index in [4.69, 9.17) is 9.47 Å². The quantitative estimate of drug-likeness (QED) is 0.710. The summed E-state index contributed by atoms with van der Waals surface area (Å²) < 4.78 is 11.5. The van der Waals surface area contributed by atoms with Gasteiger partial charge in [0.05, 0.1) is 19.3 Å². The van der Waals surface area contributed by atoms with Gasteiger partial charge in [0.2, 0.25) is 0 Å². The molecule has 0 aromatic heterocycles. The van der Waals surface area contributed by atoms with Crippen LogP contribution >= 0.6 is 0 Å². The predicted octanol–water partition coefficient (Wildman–Crippen LogP) is 3.97. The van der Waals surface area contributed by atoms with Gasteiger partial charge in [-0.3, -0.25) is 4.90 Å². The zero-order valence-electron chi connectivity index (χ0n) is 15.3. The number of rotatable bonds is 7. The molecule has 0 bridgehead atoms. The summed E-state index contributed by atoms with van der Waals surface area (Å²) in [5, 5.41) is 0. The standard InChI is InChI=1S/C19H37NO2/c1-16(2)5-6-19(7-9-20-10-13-21-14-11-20)8-12-22-18(15-19)17(3)4/h16-18H,5-15H2,1-4H3/t18-,19+/m0/s1. The number of nitrogens with zero attached hydrogens (tertiary/aromatic N) is 1. The zero-order valence-corrected chi connectivity index (χ0v) is 15.3. The molecule has 2 saturated heterocycles. The van der Waals surface area contributed by atoms with E-state index in [1.54, 1.807) is 0 Å². The predicted molar refractivity (Wildman–Crippen MR) is 92.2 cm³/mol. The molecule has 2 atom stereocenters. The smallest absolute Gasteiger partial charge is 0.0603 e. The second kappa shape index (κ2) is 8.65. The number of morpholine rings is 1. The summed E-state index contributed by atoms with van der Waals surface area (Å²) in [6, 6.07) is 0. The summed E-state index contributed by atoms with van der Waals surface area (Å²) in [4.78, 5) is 2.60. The van der Waals surface area contributed by atoms with Crippen LogP contribution in [-0.4, -0.2) is 50.5 Å². The first kappa shape index (κ1) is 18.2. The summed E-state index contributed by atoms with van der Waals surface area (Å²) in [6.45, 7) is 15.6. The Kier molecular flexibility index (Phi) is 7.17. The van der Waals surface area contributed by atoms with Crippen LogP contribution in [0, 0.1) is 17.3 Å². The molecule has 0 amide bonds. The molecule has 0 spiro atoms. The van der Waals surface area contributed by atoms with Gasteiger partial charge < -0.3 is 9.47 Å². The van der Waals surface area contributed by atoms with Crippen LogP contribution in [0.1, 0.15) is 59.8 Å². The molecule has 0 unspecified atom stereocenters. The lowest BCUT2D eigenvalue weighted by molar-refractivity contribution is -0.0802. The number of hydrogen-bond acceptors (Lipinski definition) is 3. The van der Waals surface area contributed by atoms with Crippen molar-refractivity contribution in [1.82, 2.24) is 4.90 Å². The Balaban J connectivity index is 1.94. The van der Waals surface area contributed by atoms with Gasteiger partial charge in [0, 0.05) is 19.7 Å². The van der Waals surface area contributed by atoms with Crippen molar-refractivity contribution in [2.75, 3.05) is 39.5 Å². The van der Waals surface area contributed by atoms with E-state index < -0.39 is 0 Å². The van der Waals surface area contributed by atoms with Crippen LogP contribution in [-0.2, 0) is 9.47 Å². The minimum atomic E-state index is 0.464. The topological polar surface area (TPSA) is 21.7 Å². The molecule has 22 heavy (non-hydrogen) atoms. The summed E-state index contributed by atoms with van der Waals surface area (Å²) in [7, 11) is 0. The van der Waals surface area contributed by atoms with Gasteiger partial charge in [-0.05, 0) is 49.5 Å². The Morgan fingerprint density at radius 1 is 1.05 bits per heavy atom. The van der Waals surface area contributed by atoms with Gasteiger partial charge in [-0.1, -0.05) is 34.1 Å². The molecule has 0 aromatic carbocycles. The molecular formula is C19H37NO2. The molecule has 3 nitrogen and oxygen atoms in total. The van der Waals surface area contributed by atoms with Crippen LogP contribution in [0.3, 0.4) is 0 Å². The summed E-state index contributed by atoms with van der Waals surface area (Å²) >= 11 is 0. The SMILES string of the molecule is CC(C)CC[C@@]1(CCN2CCOCC2)CCO[C@H](C(C)C)C1. The average molecular weight is 312 g/mol. The maximum Gasteiger partial charge on any atom is 0.0603 e. The fraction of sp³-hybridized carbons (Fsp3) is 1.00. The molecule has 0 aromatic rings. The highest BCUT2D eigenvalue weighted by Gasteiger charge is 2.37. The van der Waals surface area contributed by atoms with Crippen LogP contribution in [0.25, 0.3) is 0 Å². The van der Waals surface area contributed by atoms with E-state index in [0.29, 0.717) is 17.4 Å². The van der Waals surface area contributed by atoms with Gasteiger partial charge in [0.15, 0.2) is 0 Å². The van der Waals surface area contributed by atoms with E-state index in [1.807, 2.05) is 0 Å². The first-order valence-electron chi connectivity index (χ1n) is 9.42. The lowest BCUT2D eigenvalue weighted by Gasteiger charge is -2.44. The maximum atomic E-state index is 6.06. The van der Waals surface area contributed by atoms with Crippen molar-refractivity contribution in [1.29, 1.82) is 0 Å². The fourth-order valence-electron chi connectivity index (χ4n) is 3.84. The van der Waals surface area contributed by atoms with E-state index >= 15 is 0 Å². The van der Waals surface area contributed by atoms with Crippen molar-refractivity contribution in [2.45, 2.75) is 65.9 Å². The van der Waals surface area contributed by atoms with Crippen molar-refractivity contribution in [3.63, 3.8) is 0 Å². The number of ether oxygens (including phenoxy) is 2. The monoisotopic (exact) mass is 311 g/mol. The first-order valence-corrected chi connectivity index (χ1v) is 9.42.